The highest BCUT2D eigenvalue weighted by Crippen LogP contribution is 2.33. The number of ether oxygens (including phenoxy) is 4. The lowest BCUT2D eigenvalue weighted by molar-refractivity contribution is 0.354. The Morgan fingerprint density at radius 1 is 0.929 bits per heavy atom. The highest BCUT2D eigenvalue weighted by atomic mass is 127. The van der Waals surface area contributed by atoms with Crippen LogP contribution < -0.4 is 30.0 Å². The zero-order valence-corrected chi connectivity index (χ0v) is 20.2. The van der Waals surface area contributed by atoms with Crippen LogP contribution in [-0.2, 0) is 13.1 Å². The van der Waals surface area contributed by atoms with Gasteiger partial charge in [0.05, 0.1) is 35.0 Å². The largest absolute Gasteiger partial charge is 0.493 e. The van der Waals surface area contributed by atoms with Gasteiger partial charge in [-0.2, -0.15) is 0 Å². The number of rotatable bonds is 8. The molecule has 0 aliphatic rings. The summed E-state index contributed by atoms with van der Waals surface area (Å²) in [5.74, 6) is 2.98. The van der Waals surface area contributed by atoms with Crippen molar-refractivity contribution in [2.75, 3.05) is 28.4 Å². The molecule has 154 valence electrons. The Balaban J connectivity index is 0.00000392. The lowest BCUT2D eigenvalue weighted by atomic mass is 10.2. The van der Waals surface area contributed by atoms with E-state index in [0.29, 0.717) is 42.0 Å². The van der Waals surface area contributed by atoms with Crippen molar-refractivity contribution >= 4 is 45.9 Å². The second-order valence-electron chi connectivity index (χ2n) is 5.54. The van der Waals surface area contributed by atoms with Crippen molar-refractivity contribution in [2.24, 2.45) is 10.7 Å². The van der Waals surface area contributed by atoms with E-state index >= 15 is 0 Å². The first-order valence-corrected chi connectivity index (χ1v) is 8.96. The van der Waals surface area contributed by atoms with Crippen LogP contribution in [0.4, 0.5) is 0 Å². The molecule has 0 atom stereocenters. The molecule has 0 fully saturated rings. The van der Waals surface area contributed by atoms with Crippen LogP contribution in [0.3, 0.4) is 0 Å². The maximum Gasteiger partial charge on any atom is 0.189 e. The summed E-state index contributed by atoms with van der Waals surface area (Å²) >= 11 is 3.52. The molecule has 0 saturated carbocycles. The van der Waals surface area contributed by atoms with E-state index in [4.69, 9.17) is 24.7 Å². The summed E-state index contributed by atoms with van der Waals surface area (Å²) < 4.78 is 22.0. The molecule has 28 heavy (non-hydrogen) atoms. The molecule has 2 rings (SSSR count). The summed E-state index contributed by atoms with van der Waals surface area (Å²) in [5.41, 5.74) is 7.92. The summed E-state index contributed by atoms with van der Waals surface area (Å²) in [4.78, 5) is 4.36. The zero-order valence-electron chi connectivity index (χ0n) is 16.2. The number of nitrogens with two attached hydrogens (primary N) is 1. The molecule has 0 amide bonds. The minimum absolute atomic E-state index is 0. The van der Waals surface area contributed by atoms with Crippen molar-refractivity contribution in [1.82, 2.24) is 5.32 Å². The quantitative estimate of drug-likeness (QED) is 0.288. The van der Waals surface area contributed by atoms with E-state index in [1.807, 2.05) is 30.3 Å². The Labute approximate surface area is 190 Å². The molecule has 2 aromatic carbocycles. The number of halogens is 2. The Kier molecular flexibility index (Phi) is 10.2. The Hall–Kier alpha value is -1.88. The molecule has 0 unspecified atom stereocenters. The van der Waals surface area contributed by atoms with Gasteiger partial charge in [-0.1, -0.05) is 22.0 Å². The maximum atomic E-state index is 5.98. The first-order chi connectivity index (χ1) is 13.0. The number of aliphatic imine (C=N–C) groups is 1. The van der Waals surface area contributed by atoms with Gasteiger partial charge >= 0.3 is 0 Å². The van der Waals surface area contributed by atoms with Gasteiger partial charge in [0.1, 0.15) is 0 Å². The molecule has 0 saturated heterocycles. The van der Waals surface area contributed by atoms with Crippen LogP contribution in [0.5, 0.6) is 23.0 Å². The van der Waals surface area contributed by atoms with Gasteiger partial charge in [-0.05, 0) is 35.4 Å². The van der Waals surface area contributed by atoms with Gasteiger partial charge in [0, 0.05) is 11.0 Å². The van der Waals surface area contributed by atoms with E-state index in [9.17, 15) is 0 Å². The van der Waals surface area contributed by atoms with Gasteiger partial charge in [0.25, 0.3) is 0 Å². The average molecular weight is 566 g/mol. The maximum absolute atomic E-state index is 5.98. The minimum Gasteiger partial charge on any atom is -0.493 e. The summed E-state index contributed by atoms with van der Waals surface area (Å²) in [6.07, 6.45) is 0. The SMILES string of the molecule is COc1ccc(CN=C(N)NCc2cc(OC)c(OC)cc2Br)cc1OC.I. The third-order valence-corrected chi connectivity index (χ3v) is 4.63. The van der Waals surface area contributed by atoms with Crippen molar-refractivity contribution < 1.29 is 18.9 Å². The number of methoxy groups -OCH3 is 4. The molecule has 0 aliphatic carbocycles. The van der Waals surface area contributed by atoms with E-state index in [1.54, 1.807) is 28.4 Å². The Bertz CT molecular complexity index is 818. The van der Waals surface area contributed by atoms with E-state index in [0.717, 1.165) is 15.6 Å². The first kappa shape index (κ1) is 24.2. The number of hydrogen-bond donors (Lipinski definition) is 2. The first-order valence-electron chi connectivity index (χ1n) is 8.17. The number of nitrogens with zero attached hydrogens (tertiary/aromatic N) is 1. The Morgan fingerprint density at radius 2 is 1.50 bits per heavy atom. The highest BCUT2D eigenvalue weighted by molar-refractivity contribution is 14.0. The second kappa shape index (κ2) is 11.8. The van der Waals surface area contributed by atoms with Gasteiger partial charge in [0.2, 0.25) is 0 Å². The third kappa shape index (κ3) is 6.33. The number of benzene rings is 2. The molecule has 0 spiro atoms. The van der Waals surface area contributed by atoms with Crippen LogP contribution in [0.25, 0.3) is 0 Å². The highest BCUT2D eigenvalue weighted by Gasteiger charge is 2.10. The summed E-state index contributed by atoms with van der Waals surface area (Å²) in [6.45, 7) is 0.911. The van der Waals surface area contributed by atoms with Gasteiger partial charge < -0.3 is 30.0 Å². The molecular formula is C19H25BrIN3O4. The van der Waals surface area contributed by atoms with Gasteiger partial charge in [-0.3, -0.25) is 0 Å². The summed E-state index contributed by atoms with van der Waals surface area (Å²) in [5, 5.41) is 3.10. The lowest BCUT2D eigenvalue weighted by Crippen LogP contribution is -2.31. The van der Waals surface area contributed by atoms with Crippen LogP contribution in [0.2, 0.25) is 0 Å². The molecule has 0 aromatic heterocycles. The van der Waals surface area contributed by atoms with Gasteiger partial charge in [0.15, 0.2) is 29.0 Å². The molecule has 7 nitrogen and oxygen atoms in total. The fourth-order valence-electron chi connectivity index (χ4n) is 2.43. The van der Waals surface area contributed by atoms with Crippen LogP contribution in [0, 0.1) is 0 Å². The summed E-state index contributed by atoms with van der Waals surface area (Å²) in [7, 11) is 6.40. The minimum atomic E-state index is 0. The second-order valence-corrected chi connectivity index (χ2v) is 6.40. The molecule has 0 radical (unpaired) electrons. The molecule has 0 aliphatic heterocycles. The Morgan fingerprint density at radius 3 is 2.11 bits per heavy atom. The number of hydrogen-bond acceptors (Lipinski definition) is 5. The molecule has 2 aromatic rings. The van der Waals surface area contributed by atoms with Crippen molar-refractivity contribution in [3.05, 3.63) is 45.9 Å². The van der Waals surface area contributed by atoms with Crippen molar-refractivity contribution in [2.45, 2.75) is 13.1 Å². The average Bonchev–Trinajstić information content (AvgIpc) is 2.70. The smallest absolute Gasteiger partial charge is 0.189 e. The van der Waals surface area contributed by atoms with E-state index in [-0.39, 0.29) is 24.0 Å². The van der Waals surface area contributed by atoms with Crippen molar-refractivity contribution in [3.63, 3.8) is 0 Å². The van der Waals surface area contributed by atoms with Crippen molar-refractivity contribution in [1.29, 1.82) is 0 Å². The zero-order chi connectivity index (χ0) is 19.8. The van der Waals surface area contributed by atoms with Gasteiger partial charge in [-0.15, -0.1) is 24.0 Å². The van der Waals surface area contributed by atoms with E-state index < -0.39 is 0 Å². The standard InChI is InChI=1S/C19H24BrN3O4.HI/c1-24-15-6-5-12(7-16(15)25-2)10-22-19(21)23-11-13-8-17(26-3)18(27-4)9-14(13)20;/h5-9H,10-11H2,1-4H3,(H3,21,22,23);1H. The van der Waals surface area contributed by atoms with Gasteiger partial charge in [-0.25, -0.2) is 4.99 Å². The predicted molar refractivity (Wildman–Crippen MR) is 124 cm³/mol. The van der Waals surface area contributed by atoms with E-state index in [1.165, 1.54) is 0 Å². The number of nitrogens with one attached hydrogen (secondary N) is 1. The summed E-state index contributed by atoms with van der Waals surface area (Å²) in [6, 6.07) is 9.38. The molecule has 3 N–H and O–H groups in total. The lowest BCUT2D eigenvalue weighted by Gasteiger charge is -2.13. The molecular weight excluding hydrogens is 541 g/mol. The van der Waals surface area contributed by atoms with Crippen LogP contribution in [0.1, 0.15) is 11.1 Å². The fraction of sp³-hybridized carbons (Fsp3) is 0.316. The van der Waals surface area contributed by atoms with E-state index in [2.05, 4.69) is 26.2 Å². The molecule has 0 bridgehead atoms. The van der Waals surface area contributed by atoms with Crippen molar-refractivity contribution in [3.8, 4) is 23.0 Å². The fourth-order valence-corrected chi connectivity index (χ4v) is 2.89. The molecule has 9 heteroatoms. The topological polar surface area (TPSA) is 87.3 Å². The van der Waals surface area contributed by atoms with Crippen LogP contribution >= 0.6 is 39.9 Å². The predicted octanol–water partition coefficient (Wildman–Crippen LogP) is 3.71. The number of guanidine groups is 1. The third-order valence-electron chi connectivity index (χ3n) is 3.89. The molecule has 0 heterocycles. The van der Waals surface area contributed by atoms with Crippen LogP contribution in [-0.4, -0.2) is 34.4 Å². The monoisotopic (exact) mass is 565 g/mol. The van der Waals surface area contributed by atoms with Crippen LogP contribution in [0.15, 0.2) is 39.8 Å². The normalized spacial score (nSPS) is 10.7.